The molecule has 0 spiro atoms. The van der Waals surface area contributed by atoms with Crippen molar-refractivity contribution >= 4 is 28.6 Å². The van der Waals surface area contributed by atoms with Crippen molar-refractivity contribution in [2.75, 3.05) is 6.54 Å². The van der Waals surface area contributed by atoms with Gasteiger partial charge in [0.15, 0.2) is 0 Å². The molecule has 2 N–H and O–H groups in total. The Morgan fingerprint density at radius 2 is 2.42 bits per heavy atom. The largest absolute Gasteiger partial charge is 0.472 e. The summed E-state index contributed by atoms with van der Waals surface area (Å²) < 4.78 is -0.0646. The first-order valence-electron chi connectivity index (χ1n) is 3.78. The minimum atomic E-state index is -1.08. The van der Waals surface area contributed by atoms with E-state index in [0.29, 0.717) is 0 Å². The molecule has 0 rings (SSSR count). The van der Waals surface area contributed by atoms with Gasteiger partial charge < -0.3 is 5.11 Å². The Morgan fingerprint density at radius 1 is 1.75 bits per heavy atom. The van der Waals surface area contributed by atoms with Crippen LogP contribution in [0.15, 0.2) is 0 Å². The lowest BCUT2D eigenvalue weighted by Gasteiger charge is -2.03. The summed E-state index contributed by atoms with van der Waals surface area (Å²) >= 11 is 2.07. The molecule has 3 nitrogen and oxygen atoms in total. The Balaban J connectivity index is 3.54. The molecule has 0 amide bonds. The highest BCUT2D eigenvalue weighted by molar-refractivity contribution is 14.1. The van der Waals surface area contributed by atoms with Crippen molar-refractivity contribution in [2.45, 2.75) is 23.8 Å². The first-order valence-corrected chi connectivity index (χ1v) is 5.03. The van der Waals surface area contributed by atoms with Crippen LogP contribution in [0.2, 0.25) is 0 Å². The lowest BCUT2D eigenvalue weighted by molar-refractivity contribution is -0.130. The van der Waals surface area contributed by atoms with Gasteiger partial charge in [-0.15, -0.1) is 0 Å². The van der Waals surface area contributed by atoms with Gasteiger partial charge in [-0.3, -0.25) is 5.32 Å². The highest BCUT2D eigenvalue weighted by atomic mass is 127. The Kier molecular flexibility index (Phi) is 7.20. The summed E-state index contributed by atoms with van der Waals surface area (Å²) in [6, 6.07) is 0. The lowest BCUT2D eigenvalue weighted by Crippen LogP contribution is -2.22. The molecule has 0 aromatic rings. The van der Waals surface area contributed by atoms with Crippen molar-refractivity contribution in [1.29, 1.82) is 0 Å². The van der Waals surface area contributed by atoms with Crippen molar-refractivity contribution in [3.63, 3.8) is 0 Å². The number of hydrogen-bond acceptors (Lipinski definition) is 2. The van der Waals surface area contributed by atoms with E-state index in [-0.39, 0.29) is 4.05 Å². The first kappa shape index (κ1) is 11.7. The predicted molar refractivity (Wildman–Crippen MR) is 56.1 cm³/mol. The number of alkyl halides is 1. The highest BCUT2D eigenvalue weighted by Gasteiger charge is 1.96. The van der Waals surface area contributed by atoms with Crippen LogP contribution in [0.3, 0.4) is 0 Å². The van der Waals surface area contributed by atoms with Gasteiger partial charge in [-0.05, 0) is 13.0 Å². The first-order chi connectivity index (χ1) is 5.66. The molecule has 0 fully saturated rings. The number of rotatable bonds is 4. The third-order valence-corrected chi connectivity index (χ3v) is 1.91. The van der Waals surface area contributed by atoms with Crippen LogP contribution in [0.1, 0.15) is 19.8 Å². The topological polar surface area (TPSA) is 49.3 Å². The standard InChI is InChI=1S/C8H12INO2/c1-2-3-6-10-7(9)4-5-8(11)12/h7,10H,2-3,6H2,1H3,(H,11,12). The molecule has 0 aliphatic heterocycles. The van der Waals surface area contributed by atoms with Crippen molar-refractivity contribution < 1.29 is 9.90 Å². The van der Waals surface area contributed by atoms with Crippen LogP contribution in [0.5, 0.6) is 0 Å². The van der Waals surface area contributed by atoms with Crippen molar-refractivity contribution in [1.82, 2.24) is 5.32 Å². The average Bonchev–Trinajstić information content (AvgIpc) is 2.01. The summed E-state index contributed by atoms with van der Waals surface area (Å²) in [4.78, 5) is 10.0. The van der Waals surface area contributed by atoms with E-state index in [4.69, 9.17) is 5.11 Å². The Hall–Kier alpha value is -0.280. The predicted octanol–water partition coefficient (Wildman–Crippen LogP) is 1.23. The number of carboxylic acids is 1. The molecule has 4 heteroatoms. The molecule has 0 saturated heterocycles. The average molecular weight is 281 g/mol. The molecule has 0 aliphatic rings. The zero-order valence-corrected chi connectivity index (χ0v) is 9.09. The van der Waals surface area contributed by atoms with Gasteiger partial charge in [0, 0.05) is 5.92 Å². The molecule has 0 bridgehead atoms. The normalized spacial score (nSPS) is 11.5. The van der Waals surface area contributed by atoms with Crippen molar-refractivity contribution in [3.8, 4) is 11.8 Å². The third-order valence-electron chi connectivity index (χ3n) is 1.16. The second-order valence-corrected chi connectivity index (χ2v) is 3.49. The summed E-state index contributed by atoms with van der Waals surface area (Å²) in [6.07, 6.45) is 2.22. The number of aliphatic carboxylic acids is 1. The van der Waals surface area contributed by atoms with E-state index in [2.05, 4.69) is 46.7 Å². The Bertz CT molecular complexity index is 195. The molecule has 0 saturated carbocycles. The van der Waals surface area contributed by atoms with E-state index < -0.39 is 5.97 Å². The van der Waals surface area contributed by atoms with E-state index in [1.54, 1.807) is 0 Å². The second kappa shape index (κ2) is 7.37. The summed E-state index contributed by atoms with van der Waals surface area (Å²) in [5.74, 6) is 3.56. The van der Waals surface area contributed by atoms with E-state index in [9.17, 15) is 4.79 Å². The van der Waals surface area contributed by atoms with Gasteiger partial charge in [-0.1, -0.05) is 41.9 Å². The van der Waals surface area contributed by atoms with Gasteiger partial charge in [0.2, 0.25) is 0 Å². The number of halogens is 1. The monoisotopic (exact) mass is 281 g/mol. The quantitative estimate of drug-likeness (QED) is 0.268. The van der Waals surface area contributed by atoms with Gasteiger partial charge in [0.25, 0.3) is 0 Å². The van der Waals surface area contributed by atoms with Crippen molar-refractivity contribution in [2.24, 2.45) is 0 Å². The molecule has 12 heavy (non-hydrogen) atoms. The minimum Gasteiger partial charge on any atom is -0.472 e. The smallest absolute Gasteiger partial charge is 0.381 e. The summed E-state index contributed by atoms with van der Waals surface area (Å²) in [5.41, 5.74) is 0. The Labute approximate surface area is 86.1 Å². The second-order valence-electron chi connectivity index (χ2n) is 2.24. The fourth-order valence-corrected chi connectivity index (χ4v) is 1.05. The molecule has 0 aliphatic carbocycles. The molecule has 68 valence electrons. The fraction of sp³-hybridized carbons (Fsp3) is 0.625. The number of carboxylic acid groups (broad SMARTS) is 1. The van der Waals surface area contributed by atoms with Crippen LogP contribution in [0, 0.1) is 11.8 Å². The van der Waals surface area contributed by atoms with E-state index in [1.807, 2.05) is 0 Å². The van der Waals surface area contributed by atoms with Crippen LogP contribution in [-0.4, -0.2) is 21.7 Å². The van der Waals surface area contributed by atoms with E-state index in [1.165, 1.54) is 0 Å². The van der Waals surface area contributed by atoms with E-state index in [0.717, 1.165) is 19.4 Å². The molecular formula is C8H12INO2. The SMILES string of the molecule is CCCCNC(I)C#CC(=O)O. The molecule has 0 heterocycles. The van der Waals surface area contributed by atoms with Crippen LogP contribution in [-0.2, 0) is 4.79 Å². The maximum absolute atomic E-state index is 10.0. The highest BCUT2D eigenvalue weighted by Crippen LogP contribution is 1.94. The van der Waals surface area contributed by atoms with Gasteiger partial charge in [-0.2, -0.15) is 0 Å². The van der Waals surface area contributed by atoms with Crippen LogP contribution in [0.4, 0.5) is 0 Å². The fourth-order valence-electron chi connectivity index (χ4n) is 0.582. The molecule has 0 aromatic heterocycles. The lowest BCUT2D eigenvalue weighted by atomic mass is 10.3. The van der Waals surface area contributed by atoms with Crippen LogP contribution >= 0.6 is 22.6 Å². The van der Waals surface area contributed by atoms with Crippen LogP contribution < -0.4 is 5.32 Å². The van der Waals surface area contributed by atoms with Gasteiger partial charge in [-0.25, -0.2) is 4.79 Å². The molecule has 1 atom stereocenters. The number of nitrogens with one attached hydrogen (secondary N) is 1. The van der Waals surface area contributed by atoms with Gasteiger partial charge in [0.05, 0.1) is 0 Å². The number of unbranched alkanes of at least 4 members (excludes halogenated alkanes) is 1. The van der Waals surface area contributed by atoms with E-state index >= 15 is 0 Å². The zero-order chi connectivity index (χ0) is 9.40. The summed E-state index contributed by atoms with van der Waals surface area (Å²) in [6.45, 7) is 2.99. The van der Waals surface area contributed by atoms with Crippen molar-refractivity contribution in [3.05, 3.63) is 0 Å². The Morgan fingerprint density at radius 3 is 2.92 bits per heavy atom. The molecular weight excluding hydrogens is 269 g/mol. The summed E-state index contributed by atoms with van der Waals surface area (Å²) in [7, 11) is 0. The summed E-state index contributed by atoms with van der Waals surface area (Å²) in [5, 5.41) is 11.3. The van der Waals surface area contributed by atoms with Gasteiger partial charge in [0.1, 0.15) is 4.05 Å². The third kappa shape index (κ3) is 7.82. The minimum absolute atomic E-state index is 0.0646. The molecule has 0 aromatic carbocycles. The molecule has 0 radical (unpaired) electrons. The number of hydrogen-bond donors (Lipinski definition) is 2. The maximum Gasteiger partial charge on any atom is 0.381 e. The van der Waals surface area contributed by atoms with Crippen LogP contribution in [0.25, 0.3) is 0 Å². The van der Waals surface area contributed by atoms with Gasteiger partial charge >= 0.3 is 5.97 Å². The zero-order valence-electron chi connectivity index (χ0n) is 6.93. The molecule has 1 unspecified atom stereocenters. The maximum atomic E-state index is 10.0. The number of carbonyl (C=O) groups is 1.